The van der Waals surface area contributed by atoms with Crippen molar-refractivity contribution in [3.8, 4) is 5.75 Å². The van der Waals surface area contributed by atoms with Crippen molar-refractivity contribution in [2.75, 3.05) is 12.4 Å². The number of carbonyl (C=O) groups is 2. The third-order valence-corrected chi connectivity index (χ3v) is 3.69. The van der Waals surface area contributed by atoms with E-state index < -0.39 is 36.5 Å². The Hall–Kier alpha value is -2.36. The van der Waals surface area contributed by atoms with Gasteiger partial charge in [-0.15, -0.1) is 0 Å². The molecule has 1 aliphatic heterocycles. The molecule has 0 saturated carbocycles. The van der Waals surface area contributed by atoms with E-state index >= 15 is 0 Å². The van der Waals surface area contributed by atoms with Gasteiger partial charge in [-0.25, -0.2) is 4.79 Å². The van der Waals surface area contributed by atoms with Crippen LogP contribution < -0.4 is 10.1 Å². The van der Waals surface area contributed by atoms with Crippen LogP contribution in [0.4, 0.5) is 5.69 Å². The van der Waals surface area contributed by atoms with E-state index in [0.29, 0.717) is 11.4 Å². The van der Waals surface area contributed by atoms with E-state index in [1.165, 1.54) is 6.92 Å². The molecule has 0 bridgehead atoms. The predicted octanol–water partition coefficient (Wildman–Crippen LogP) is 2.14. The van der Waals surface area contributed by atoms with E-state index in [9.17, 15) is 19.8 Å². The van der Waals surface area contributed by atoms with Gasteiger partial charge in [0.2, 0.25) is 6.29 Å². The maximum absolute atomic E-state index is 11.1. The molecule has 0 radical (unpaired) electrons. The third-order valence-electron chi connectivity index (χ3n) is 3.69. The Bertz CT molecular complexity index is 637. The average molecular weight is 415 g/mol. The first-order chi connectivity index (χ1) is 13.8. The normalized spacial score (nSPS) is 22.8. The number of aliphatic hydroxyl groups is 2. The van der Waals surface area contributed by atoms with Gasteiger partial charge in [-0.2, -0.15) is 0 Å². The summed E-state index contributed by atoms with van der Waals surface area (Å²) in [5, 5.41) is 31.4. The van der Waals surface area contributed by atoms with Crippen LogP contribution in [0.25, 0.3) is 0 Å². The van der Waals surface area contributed by atoms with Gasteiger partial charge in [0.05, 0.1) is 11.8 Å². The van der Waals surface area contributed by atoms with Gasteiger partial charge in [-0.1, -0.05) is 33.8 Å². The molecule has 0 aromatic heterocycles. The number of rotatable bonds is 6. The molecular formula is C20H33NO8. The smallest absolute Gasteiger partial charge is 0.335 e. The number of aliphatic hydroxyl groups excluding tert-OH is 2. The number of ether oxygens (including phenoxy) is 3. The van der Waals surface area contributed by atoms with E-state index in [4.69, 9.17) is 19.3 Å². The van der Waals surface area contributed by atoms with Gasteiger partial charge in [0.25, 0.3) is 0 Å². The molecule has 9 heteroatoms. The SMILES string of the molecule is CC.CC.CNc1cc(COC(C)=O)ccc1OC1CC(O)[C@H](O)C(C(=O)O)O1. The number of hydrogen-bond donors (Lipinski definition) is 4. The summed E-state index contributed by atoms with van der Waals surface area (Å²) in [7, 11) is 1.66. The van der Waals surface area contributed by atoms with E-state index in [1.54, 1.807) is 25.2 Å². The second-order valence-electron chi connectivity index (χ2n) is 5.60. The fourth-order valence-electron chi connectivity index (χ4n) is 2.41. The molecule has 1 aromatic carbocycles. The minimum Gasteiger partial charge on any atom is -0.479 e. The van der Waals surface area contributed by atoms with Gasteiger partial charge in [0.1, 0.15) is 18.5 Å². The summed E-state index contributed by atoms with van der Waals surface area (Å²) in [5.74, 6) is -1.41. The third kappa shape index (κ3) is 8.26. The van der Waals surface area contributed by atoms with Crippen molar-refractivity contribution in [2.24, 2.45) is 0 Å². The Kier molecular flexibility index (Phi) is 12.6. The van der Waals surface area contributed by atoms with Crippen molar-refractivity contribution in [3.05, 3.63) is 23.8 Å². The second kappa shape index (κ2) is 13.8. The molecule has 1 saturated heterocycles. The van der Waals surface area contributed by atoms with E-state index in [2.05, 4.69) is 5.32 Å². The number of aliphatic carboxylic acids is 1. The molecule has 4 N–H and O–H groups in total. The van der Waals surface area contributed by atoms with Gasteiger partial charge in [0.15, 0.2) is 6.10 Å². The highest BCUT2D eigenvalue weighted by Gasteiger charge is 2.42. The number of esters is 1. The molecule has 1 aromatic rings. The van der Waals surface area contributed by atoms with Crippen LogP contribution >= 0.6 is 0 Å². The lowest BCUT2D eigenvalue weighted by Crippen LogP contribution is -2.53. The number of nitrogens with one attached hydrogen (secondary N) is 1. The maximum Gasteiger partial charge on any atom is 0.335 e. The fourth-order valence-corrected chi connectivity index (χ4v) is 2.41. The van der Waals surface area contributed by atoms with E-state index in [0.717, 1.165) is 5.56 Å². The van der Waals surface area contributed by atoms with Crippen molar-refractivity contribution in [1.29, 1.82) is 0 Å². The Morgan fingerprint density at radius 2 is 1.83 bits per heavy atom. The Morgan fingerprint density at radius 1 is 1.21 bits per heavy atom. The Balaban J connectivity index is 0.00000184. The molecule has 29 heavy (non-hydrogen) atoms. The fraction of sp³-hybridized carbons (Fsp3) is 0.600. The molecule has 2 rings (SSSR count). The van der Waals surface area contributed by atoms with Gasteiger partial charge < -0.3 is 34.8 Å². The van der Waals surface area contributed by atoms with Gasteiger partial charge in [0, 0.05) is 20.4 Å². The van der Waals surface area contributed by atoms with Crippen molar-refractivity contribution in [3.63, 3.8) is 0 Å². The van der Waals surface area contributed by atoms with E-state index in [1.807, 2.05) is 27.7 Å². The zero-order valence-electron chi connectivity index (χ0n) is 17.8. The molecule has 1 aliphatic rings. The minimum atomic E-state index is -1.57. The Labute approximate surface area is 171 Å². The second-order valence-corrected chi connectivity index (χ2v) is 5.60. The first-order valence-electron chi connectivity index (χ1n) is 9.67. The molecule has 4 atom stereocenters. The highest BCUT2D eigenvalue weighted by molar-refractivity contribution is 5.73. The lowest BCUT2D eigenvalue weighted by molar-refractivity contribution is -0.228. The average Bonchev–Trinajstić information content (AvgIpc) is 2.72. The summed E-state index contributed by atoms with van der Waals surface area (Å²) in [4.78, 5) is 22.0. The summed E-state index contributed by atoms with van der Waals surface area (Å²) < 4.78 is 15.8. The number of benzene rings is 1. The molecular weight excluding hydrogens is 382 g/mol. The molecule has 166 valence electrons. The van der Waals surface area contributed by atoms with Crippen LogP contribution in [0.3, 0.4) is 0 Å². The van der Waals surface area contributed by atoms with Gasteiger partial charge in [-0.05, 0) is 17.7 Å². The first-order valence-corrected chi connectivity index (χ1v) is 9.67. The number of anilines is 1. The number of hydrogen-bond acceptors (Lipinski definition) is 8. The van der Waals surface area contributed by atoms with E-state index in [-0.39, 0.29) is 13.0 Å². The largest absolute Gasteiger partial charge is 0.479 e. The molecule has 0 aliphatic carbocycles. The predicted molar refractivity (Wildman–Crippen MR) is 108 cm³/mol. The van der Waals surface area contributed by atoms with Gasteiger partial charge >= 0.3 is 11.9 Å². The van der Waals surface area contributed by atoms with Crippen LogP contribution in [0.15, 0.2) is 18.2 Å². The van der Waals surface area contributed by atoms with Crippen molar-refractivity contribution in [2.45, 2.75) is 72.2 Å². The standard InChI is InChI=1S/C16H21NO8.2C2H6/c1-8(18)23-7-9-3-4-12(10(5-9)17-2)24-13-6-11(19)14(20)15(25-13)16(21)22;2*1-2/h3-5,11,13-15,17,19-20H,6-7H2,1-2H3,(H,21,22);2*1-2H3/t11?,13?,14-,15?;;/m0../s1. The van der Waals surface area contributed by atoms with Crippen LogP contribution in [0.1, 0.15) is 46.6 Å². The molecule has 0 spiro atoms. The zero-order valence-corrected chi connectivity index (χ0v) is 17.8. The van der Waals surface area contributed by atoms with Crippen LogP contribution in [-0.4, -0.2) is 58.9 Å². The summed E-state index contributed by atoms with van der Waals surface area (Å²) >= 11 is 0. The number of carbonyl (C=O) groups excluding carboxylic acids is 1. The summed E-state index contributed by atoms with van der Waals surface area (Å²) in [6.07, 6.45) is -5.49. The maximum atomic E-state index is 11.1. The van der Waals surface area contributed by atoms with Crippen LogP contribution in [0.5, 0.6) is 5.75 Å². The highest BCUT2D eigenvalue weighted by Crippen LogP contribution is 2.30. The summed E-state index contributed by atoms with van der Waals surface area (Å²) in [6, 6.07) is 5.00. The van der Waals surface area contributed by atoms with Gasteiger partial charge in [-0.3, -0.25) is 4.79 Å². The highest BCUT2D eigenvalue weighted by atomic mass is 16.7. The topological polar surface area (TPSA) is 135 Å². The number of carboxylic acids is 1. The molecule has 9 nitrogen and oxygen atoms in total. The van der Waals surface area contributed by atoms with Crippen LogP contribution in [-0.2, 0) is 25.7 Å². The number of carboxylic acid groups (broad SMARTS) is 1. The molecule has 0 amide bonds. The van der Waals surface area contributed by atoms with Crippen molar-refractivity contribution >= 4 is 17.6 Å². The molecule has 1 fully saturated rings. The minimum absolute atomic E-state index is 0.0801. The first kappa shape index (κ1) is 26.6. The zero-order chi connectivity index (χ0) is 22.6. The quantitative estimate of drug-likeness (QED) is 0.515. The van der Waals surface area contributed by atoms with Crippen LogP contribution in [0.2, 0.25) is 0 Å². The van der Waals surface area contributed by atoms with Crippen molar-refractivity contribution < 1.29 is 39.1 Å². The van der Waals surface area contributed by atoms with Crippen LogP contribution in [0, 0.1) is 0 Å². The monoisotopic (exact) mass is 415 g/mol. The summed E-state index contributed by atoms with van der Waals surface area (Å²) in [5.41, 5.74) is 1.30. The Morgan fingerprint density at radius 3 is 2.34 bits per heavy atom. The van der Waals surface area contributed by atoms with Crippen molar-refractivity contribution in [1.82, 2.24) is 0 Å². The lowest BCUT2D eigenvalue weighted by Gasteiger charge is -2.35. The lowest BCUT2D eigenvalue weighted by atomic mass is 10.0. The molecule has 3 unspecified atom stereocenters. The molecule has 1 heterocycles. The summed E-state index contributed by atoms with van der Waals surface area (Å²) in [6.45, 7) is 9.42.